The van der Waals surface area contributed by atoms with Crippen LogP contribution in [0.4, 0.5) is 5.69 Å². The number of carboxylic acids is 1. The lowest BCUT2D eigenvalue weighted by molar-refractivity contribution is -0.137. The van der Waals surface area contributed by atoms with E-state index in [2.05, 4.69) is 31.6 Å². The molecule has 2 aromatic rings. The standard InChI is InChI=1S/C12H11BrN4O3/c1-7-2-3-8(13)9(4-7)14-12(20)10-5-17(16-15-10)6-11(18)19/h2-5H,6H2,1H3,(H,14,20)(H,18,19). The van der Waals surface area contributed by atoms with Gasteiger partial charge in [0.15, 0.2) is 5.69 Å². The van der Waals surface area contributed by atoms with Gasteiger partial charge in [0.1, 0.15) is 6.54 Å². The van der Waals surface area contributed by atoms with E-state index in [0.717, 1.165) is 14.7 Å². The zero-order valence-electron chi connectivity index (χ0n) is 10.5. The van der Waals surface area contributed by atoms with Gasteiger partial charge in [-0.25, -0.2) is 4.68 Å². The number of rotatable bonds is 4. The lowest BCUT2D eigenvalue weighted by atomic mass is 10.2. The highest BCUT2D eigenvalue weighted by Crippen LogP contribution is 2.23. The monoisotopic (exact) mass is 338 g/mol. The summed E-state index contributed by atoms with van der Waals surface area (Å²) in [6.07, 6.45) is 1.28. The number of anilines is 1. The third-order valence-corrected chi connectivity index (χ3v) is 3.13. The Morgan fingerprint density at radius 1 is 1.45 bits per heavy atom. The molecule has 0 fully saturated rings. The summed E-state index contributed by atoms with van der Waals surface area (Å²) in [5, 5.41) is 18.5. The Labute approximate surface area is 122 Å². The molecule has 0 aliphatic heterocycles. The molecular formula is C12H11BrN4O3. The number of aryl methyl sites for hydroxylation is 1. The number of nitrogens with one attached hydrogen (secondary N) is 1. The summed E-state index contributed by atoms with van der Waals surface area (Å²) >= 11 is 3.34. The lowest BCUT2D eigenvalue weighted by Gasteiger charge is -2.06. The number of carbonyl (C=O) groups excluding carboxylic acids is 1. The summed E-state index contributed by atoms with van der Waals surface area (Å²) in [6, 6.07) is 5.54. The molecule has 1 aromatic heterocycles. The largest absolute Gasteiger partial charge is 0.480 e. The van der Waals surface area contributed by atoms with Gasteiger partial charge in [0, 0.05) is 4.47 Å². The number of hydrogen-bond donors (Lipinski definition) is 2. The highest BCUT2D eigenvalue weighted by atomic mass is 79.9. The van der Waals surface area contributed by atoms with Crippen molar-refractivity contribution in [2.45, 2.75) is 13.5 Å². The molecule has 0 radical (unpaired) electrons. The van der Waals surface area contributed by atoms with E-state index < -0.39 is 11.9 Å². The molecule has 0 saturated heterocycles. The van der Waals surface area contributed by atoms with Crippen molar-refractivity contribution in [3.8, 4) is 0 Å². The molecule has 0 saturated carbocycles. The Hall–Kier alpha value is -2.22. The molecule has 2 N–H and O–H groups in total. The van der Waals surface area contributed by atoms with Crippen molar-refractivity contribution >= 4 is 33.5 Å². The maximum Gasteiger partial charge on any atom is 0.325 e. The van der Waals surface area contributed by atoms with Crippen LogP contribution in [0, 0.1) is 6.92 Å². The van der Waals surface area contributed by atoms with Gasteiger partial charge in [0.25, 0.3) is 5.91 Å². The van der Waals surface area contributed by atoms with Crippen LogP contribution in [0.1, 0.15) is 16.1 Å². The maximum absolute atomic E-state index is 12.0. The number of hydrogen-bond acceptors (Lipinski definition) is 4. The fourth-order valence-electron chi connectivity index (χ4n) is 1.54. The van der Waals surface area contributed by atoms with Crippen molar-refractivity contribution in [1.82, 2.24) is 15.0 Å². The van der Waals surface area contributed by atoms with Crippen molar-refractivity contribution in [3.05, 3.63) is 40.1 Å². The van der Waals surface area contributed by atoms with E-state index in [1.54, 1.807) is 0 Å². The van der Waals surface area contributed by atoms with E-state index in [0.29, 0.717) is 5.69 Å². The summed E-state index contributed by atoms with van der Waals surface area (Å²) < 4.78 is 1.83. The minimum Gasteiger partial charge on any atom is -0.480 e. The zero-order chi connectivity index (χ0) is 14.7. The van der Waals surface area contributed by atoms with E-state index in [-0.39, 0.29) is 12.2 Å². The van der Waals surface area contributed by atoms with Gasteiger partial charge in [-0.3, -0.25) is 9.59 Å². The first-order valence-corrected chi connectivity index (χ1v) is 6.44. The molecule has 20 heavy (non-hydrogen) atoms. The first-order chi connectivity index (χ1) is 9.45. The summed E-state index contributed by atoms with van der Waals surface area (Å²) in [6.45, 7) is 1.57. The summed E-state index contributed by atoms with van der Waals surface area (Å²) in [5.41, 5.74) is 1.67. The molecule has 2 rings (SSSR count). The fraction of sp³-hybridized carbons (Fsp3) is 0.167. The molecule has 1 aromatic carbocycles. The quantitative estimate of drug-likeness (QED) is 0.883. The lowest BCUT2D eigenvalue weighted by Crippen LogP contribution is -2.13. The number of benzene rings is 1. The van der Waals surface area contributed by atoms with Crippen LogP contribution in [0.3, 0.4) is 0 Å². The second kappa shape index (κ2) is 5.83. The van der Waals surface area contributed by atoms with E-state index in [4.69, 9.17) is 5.11 Å². The van der Waals surface area contributed by atoms with Crippen LogP contribution < -0.4 is 5.32 Å². The average molecular weight is 339 g/mol. The number of carboxylic acid groups (broad SMARTS) is 1. The average Bonchev–Trinajstić information content (AvgIpc) is 2.81. The van der Waals surface area contributed by atoms with E-state index in [1.165, 1.54) is 6.20 Å². The van der Waals surface area contributed by atoms with Gasteiger partial charge in [-0.15, -0.1) is 5.10 Å². The number of halogens is 1. The van der Waals surface area contributed by atoms with Crippen molar-refractivity contribution in [1.29, 1.82) is 0 Å². The molecular weight excluding hydrogens is 328 g/mol. The fourth-order valence-corrected chi connectivity index (χ4v) is 1.89. The normalized spacial score (nSPS) is 10.3. The number of aromatic nitrogens is 3. The smallest absolute Gasteiger partial charge is 0.325 e. The van der Waals surface area contributed by atoms with Crippen molar-refractivity contribution in [2.75, 3.05) is 5.32 Å². The van der Waals surface area contributed by atoms with Gasteiger partial charge < -0.3 is 10.4 Å². The molecule has 1 amide bonds. The van der Waals surface area contributed by atoms with Crippen LogP contribution in [0.15, 0.2) is 28.9 Å². The van der Waals surface area contributed by atoms with Crippen molar-refractivity contribution < 1.29 is 14.7 Å². The number of amides is 1. The van der Waals surface area contributed by atoms with Crippen LogP contribution in [0.5, 0.6) is 0 Å². The second-order valence-corrected chi connectivity index (χ2v) is 4.99. The number of aliphatic carboxylic acids is 1. The molecule has 0 aliphatic carbocycles. The Balaban J connectivity index is 2.13. The summed E-state index contributed by atoms with van der Waals surface area (Å²) in [4.78, 5) is 22.5. The molecule has 0 atom stereocenters. The van der Waals surface area contributed by atoms with Gasteiger partial charge >= 0.3 is 5.97 Å². The third-order valence-electron chi connectivity index (χ3n) is 2.44. The predicted molar refractivity (Wildman–Crippen MR) is 74.5 cm³/mol. The topological polar surface area (TPSA) is 97.1 Å². The molecule has 0 unspecified atom stereocenters. The molecule has 1 heterocycles. The first kappa shape index (κ1) is 14.2. The van der Waals surface area contributed by atoms with Crippen LogP contribution >= 0.6 is 15.9 Å². The summed E-state index contributed by atoms with van der Waals surface area (Å²) in [5.74, 6) is -1.50. The van der Waals surface area contributed by atoms with Gasteiger partial charge in [-0.1, -0.05) is 11.3 Å². The van der Waals surface area contributed by atoms with Gasteiger partial charge in [-0.2, -0.15) is 0 Å². The molecule has 8 heteroatoms. The molecule has 0 aliphatic rings. The Morgan fingerprint density at radius 3 is 2.90 bits per heavy atom. The molecule has 0 spiro atoms. The highest BCUT2D eigenvalue weighted by Gasteiger charge is 2.13. The molecule has 7 nitrogen and oxygen atoms in total. The van der Waals surface area contributed by atoms with Crippen LogP contribution in [0.2, 0.25) is 0 Å². The molecule has 104 valence electrons. The minimum atomic E-state index is -1.05. The summed E-state index contributed by atoms with van der Waals surface area (Å²) in [7, 11) is 0. The number of carbonyl (C=O) groups is 2. The zero-order valence-corrected chi connectivity index (χ0v) is 12.1. The number of nitrogens with zero attached hydrogens (tertiary/aromatic N) is 3. The van der Waals surface area contributed by atoms with Gasteiger partial charge in [0.2, 0.25) is 0 Å². The predicted octanol–water partition coefficient (Wildman–Crippen LogP) is 1.69. The van der Waals surface area contributed by atoms with Crippen molar-refractivity contribution in [2.24, 2.45) is 0 Å². The highest BCUT2D eigenvalue weighted by molar-refractivity contribution is 9.10. The Bertz CT molecular complexity index is 668. The van der Waals surface area contributed by atoms with Crippen LogP contribution in [-0.4, -0.2) is 32.0 Å². The molecule has 0 bridgehead atoms. The Morgan fingerprint density at radius 2 is 2.20 bits per heavy atom. The van der Waals surface area contributed by atoms with Crippen LogP contribution in [-0.2, 0) is 11.3 Å². The van der Waals surface area contributed by atoms with Crippen molar-refractivity contribution in [3.63, 3.8) is 0 Å². The van der Waals surface area contributed by atoms with Gasteiger partial charge in [-0.05, 0) is 40.5 Å². The Kier molecular flexibility index (Phi) is 4.14. The van der Waals surface area contributed by atoms with Gasteiger partial charge in [0.05, 0.1) is 11.9 Å². The maximum atomic E-state index is 12.0. The second-order valence-electron chi connectivity index (χ2n) is 4.13. The van der Waals surface area contributed by atoms with E-state index in [9.17, 15) is 9.59 Å². The van der Waals surface area contributed by atoms with E-state index in [1.807, 2.05) is 25.1 Å². The SMILES string of the molecule is Cc1ccc(Br)c(NC(=O)c2cn(CC(=O)O)nn2)c1. The minimum absolute atomic E-state index is 0.0552. The van der Waals surface area contributed by atoms with Crippen LogP contribution in [0.25, 0.3) is 0 Å². The van der Waals surface area contributed by atoms with E-state index >= 15 is 0 Å². The third kappa shape index (κ3) is 3.41. The first-order valence-electron chi connectivity index (χ1n) is 5.65.